The van der Waals surface area contributed by atoms with Gasteiger partial charge < -0.3 is 10.6 Å². The molecule has 3 amide bonds. The van der Waals surface area contributed by atoms with Crippen LogP contribution in [-0.4, -0.2) is 70.4 Å². The molecule has 1 aliphatic rings. The van der Waals surface area contributed by atoms with Crippen LogP contribution in [0.1, 0.15) is 17.7 Å². The fourth-order valence-electron chi connectivity index (χ4n) is 3.86. The third kappa shape index (κ3) is 5.41. The number of hydrogen-bond donors (Lipinski definition) is 4. The molecule has 0 unspecified atom stereocenters. The van der Waals surface area contributed by atoms with Crippen LogP contribution in [0.3, 0.4) is 0 Å². The molecule has 34 heavy (non-hydrogen) atoms. The summed E-state index contributed by atoms with van der Waals surface area (Å²) in [6, 6.07) is 9.90. The van der Waals surface area contributed by atoms with E-state index in [9.17, 15) is 26.4 Å². The van der Waals surface area contributed by atoms with E-state index in [1.165, 1.54) is 12.5 Å². The van der Waals surface area contributed by atoms with Crippen LogP contribution in [0, 0.1) is 0 Å². The normalized spacial score (nSPS) is 20.8. The monoisotopic (exact) mass is 530 g/mol. The van der Waals surface area contributed by atoms with Gasteiger partial charge in [0.25, 0.3) is 0 Å². The summed E-state index contributed by atoms with van der Waals surface area (Å²) in [7, 11) is -6.15. The number of carbonyl (C=O) groups excluding carboxylic acids is 2. The van der Waals surface area contributed by atoms with Crippen LogP contribution in [0.5, 0.6) is 0 Å². The number of rotatable bonds is 6. The van der Waals surface area contributed by atoms with Crippen LogP contribution in [0.15, 0.2) is 36.4 Å². The van der Waals surface area contributed by atoms with E-state index in [1.807, 2.05) is 0 Å². The Balaban J connectivity index is 2.06. The second-order valence-electron chi connectivity index (χ2n) is 7.89. The van der Waals surface area contributed by atoms with Crippen molar-refractivity contribution in [2.75, 3.05) is 37.5 Å². The highest BCUT2D eigenvalue weighted by atomic mass is 32.2. The van der Waals surface area contributed by atoms with Gasteiger partial charge in [0.2, 0.25) is 15.9 Å². The Bertz CT molecular complexity index is 1290. The number of sulfonamides is 1. The summed E-state index contributed by atoms with van der Waals surface area (Å²) in [5.41, 5.74) is 2.75. The lowest BCUT2D eigenvalue weighted by Crippen LogP contribution is -2.41. The highest BCUT2D eigenvalue weighted by molar-refractivity contribution is 7.92. The molecule has 2 aromatic rings. The highest BCUT2D eigenvalue weighted by Crippen LogP contribution is 2.45. The number of hydroxylamine groups is 1. The molecule has 1 aliphatic heterocycles. The zero-order valence-electron chi connectivity index (χ0n) is 18.6. The lowest BCUT2D eigenvalue weighted by atomic mass is 9.97. The van der Waals surface area contributed by atoms with Gasteiger partial charge in [-0.3, -0.25) is 10.0 Å². The van der Waals surface area contributed by atoms with E-state index in [-0.39, 0.29) is 19.5 Å². The third-order valence-electron chi connectivity index (χ3n) is 5.70. The molecule has 0 aliphatic carbocycles. The number of thiophene rings is 1. The van der Waals surface area contributed by atoms with Gasteiger partial charge in [-0.2, -0.15) is 0 Å². The van der Waals surface area contributed by atoms with Crippen LogP contribution in [0.25, 0.3) is 10.4 Å². The minimum atomic E-state index is -4.00. The van der Waals surface area contributed by atoms with Gasteiger partial charge in [-0.05, 0) is 36.2 Å². The Morgan fingerprint density at radius 1 is 1.21 bits per heavy atom. The minimum absolute atomic E-state index is 0.0878. The van der Waals surface area contributed by atoms with Crippen LogP contribution in [-0.2, 0) is 29.4 Å². The van der Waals surface area contributed by atoms with E-state index < -0.39 is 48.7 Å². The van der Waals surface area contributed by atoms with Crippen molar-refractivity contribution >= 4 is 48.8 Å². The molecule has 1 aromatic carbocycles. The van der Waals surface area contributed by atoms with E-state index in [0.717, 1.165) is 27.5 Å². The SMILES string of the molecule is CNC(=O)Nc1cccc(-c2ccc([C@@]3(CC(=O)NO)CCN(S(C)(=O)=O)CCS3(=O)=O)s2)c1. The average Bonchev–Trinajstić information content (AvgIpc) is 3.22. The van der Waals surface area contributed by atoms with Crippen molar-refractivity contribution in [1.29, 1.82) is 0 Å². The second-order valence-corrected chi connectivity index (χ2v) is 13.4. The van der Waals surface area contributed by atoms with Gasteiger partial charge in [-0.25, -0.2) is 31.4 Å². The van der Waals surface area contributed by atoms with E-state index in [4.69, 9.17) is 5.21 Å². The van der Waals surface area contributed by atoms with E-state index in [0.29, 0.717) is 15.4 Å². The van der Waals surface area contributed by atoms with Crippen molar-refractivity contribution in [3.05, 3.63) is 41.3 Å². The third-order valence-corrected chi connectivity index (χ3v) is 10.9. The van der Waals surface area contributed by atoms with E-state index in [1.54, 1.807) is 36.4 Å². The Morgan fingerprint density at radius 2 is 1.94 bits per heavy atom. The van der Waals surface area contributed by atoms with E-state index in [2.05, 4.69) is 10.6 Å². The van der Waals surface area contributed by atoms with E-state index >= 15 is 0 Å². The maximum absolute atomic E-state index is 13.5. The van der Waals surface area contributed by atoms with Crippen molar-refractivity contribution in [1.82, 2.24) is 15.1 Å². The van der Waals surface area contributed by atoms with Crippen LogP contribution in [0.2, 0.25) is 0 Å². The van der Waals surface area contributed by atoms with Crippen molar-refractivity contribution in [2.24, 2.45) is 0 Å². The number of hydrogen-bond acceptors (Lipinski definition) is 8. The molecule has 1 fully saturated rings. The summed E-state index contributed by atoms with van der Waals surface area (Å²) in [5, 5.41) is 14.2. The Morgan fingerprint density at radius 3 is 2.59 bits per heavy atom. The number of sulfone groups is 1. The number of nitrogens with zero attached hydrogens (tertiary/aromatic N) is 1. The topological polar surface area (TPSA) is 162 Å². The molecule has 14 heteroatoms. The highest BCUT2D eigenvalue weighted by Gasteiger charge is 2.50. The molecule has 0 radical (unpaired) electrons. The lowest BCUT2D eigenvalue weighted by molar-refractivity contribution is -0.129. The van der Waals surface area contributed by atoms with Gasteiger partial charge in [-0.15, -0.1) is 11.3 Å². The Kier molecular flexibility index (Phi) is 7.67. The molecular formula is C20H26N4O7S3. The molecule has 2 heterocycles. The summed E-state index contributed by atoms with van der Waals surface area (Å²) >= 11 is 1.16. The molecule has 0 saturated carbocycles. The van der Waals surface area contributed by atoms with Crippen molar-refractivity contribution in [3.8, 4) is 10.4 Å². The summed E-state index contributed by atoms with van der Waals surface area (Å²) in [6.45, 7) is -0.301. The number of benzene rings is 1. The fraction of sp³-hybridized carbons (Fsp3) is 0.400. The maximum Gasteiger partial charge on any atom is 0.318 e. The lowest BCUT2D eigenvalue weighted by Gasteiger charge is -2.30. The summed E-state index contributed by atoms with van der Waals surface area (Å²) < 4.78 is 50.5. The van der Waals surface area contributed by atoms with Gasteiger partial charge >= 0.3 is 6.03 Å². The smallest absolute Gasteiger partial charge is 0.318 e. The first-order chi connectivity index (χ1) is 15.9. The van der Waals surface area contributed by atoms with Gasteiger partial charge in [0.05, 0.1) is 18.4 Å². The molecule has 0 spiro atoms. The largest absolute Gasteiger partial charge is 0.341 e. The zero-order chi connectivity index (χ0) is 25.1. The van der Waals surface area contributed by atoms with Crippen LogP contribution >= 0.6 is 11.3 Å². The average molecular weight is 531 g/mol. The molecular weight excluding hydrogens is 504 g/mol. The quantitative estimate of drug-likeness (QED) is 0.323. The minimum Gasteiger partial charge on any atom is -0.341 e. The molecule has 1 atom stereocenters. The molecule has 1 saturated heterocycles. The van der Waals surface area contributed by atoms with Crippen LogP contribution < -0.4 is 16.1 Å². The van der Waals surface area contributed by atoms with Crippen molar-refractivity contribution in [3.63, 3.8) is 0 Å². The molecule has 3 rings (SSSR count). The molecule has 11 nitrogen and oxygen atoms in total. The van der Waals surface area contributed by atoms with Crippen molar-refractivity contribution in [2.45, 2.75) is 17.6 Å². The Hall–Kier alpha value is -2.52. The first-order valence-corrected chi connectivity index (χ1v) is 14.5. The predicted octanol–water partition coefficient (Wildman–Crippen LogP) is 1.34. The van der Waals surface area contributed by atoms with Crippen LogP contribution in [0.4, 0.5) is 10.5 Å². The van der Waals surface area contributed by atoms with Gasteiger partial charge in [0.15, 0.2) is 9.84 Å². The van der Waals surface area contributed by atoms with Gasteiger partial charge in [0.1, 0.15) is 4.75 Å². The number of nitrogens with one attached hydrogen (secondary N) is 3. The Labute approximate surface area is 202 Å². The van der Waals surface area contributed by atoms with Crippen molar-refractivity contribution < 1.29 is 31.6 Å². The number of amides is 3. The molecule has 1 aromatic heterocycles. The van der Waals surface area contributed by atoms with Gasteiger partial charge in [-0.1, -0.05) is 12.1 Å². The standard InChI is InChI=1S/C20H26N4O7S3/c1-21-19(26)22-15-5-3-4-14(12-15)16-6-7-17(32-16)20(13-18(25)23-27)8-9-24(33(2,28)29)10-11-34(20,30)31/h3-7,12,27H,8-11,13H2,1-2H3,(H,23,25)(H2,21,22,26)/t20-/m0/s1. The first kappa shape index (κ1) is 26.1. The number of carbonyl (C=O) groups is 2. The number of anilines is 1. The predicted molar refractivity (Wildman–Crippen MR) is 129 cm³/mol. The molecule has 4 N–H and O–H groups in total. The molecule has 186 valence electrons. The summed E-state index contributed by atoms with van der Waals surface area (Å²) in [4.78, 5) is 24.9. The fourth-order valence-corrected chi connectivity index (χ4v) is 8.42. The summed E-state index contributed by atoms with van der Waals surface area (Å²) in [6.07, 6.45) is 0.311. The first-order valence-electron chi connectivity index (χ1n) is 10.2. The number of urea groups is 1. The second kappa shape index (κ2) is 10.00. The summed E-state index contributed by atoms with van der Waals surface area (Å²) in [5.74, 6) is -1.35. The van der Waals surface area contributed by atoms with Gasteiger partial charge in [0, 0.05) is 35.6 Å². The maximum atomic E-state index is 13.5. The zero-order valence-corrected chi connectivity index (χ0v) is 21.0. The molecule has 0 bridgehead atoms.